The van der Waals surface area contributed by atoms with Gasteiger partial charge in [0.2, 0.25) is 0 Å². The number of aromatic amines is 1. The topological polar surface area (TPSA) is 54.7 Å². The molecule has 0 fully saturated rings. The fraction of sp³-hybridized carbons (Fsp3) is 0.222. The Balaban J connectivity index is 2.64. The third kappa shape index (κ3) is 1.41. The van der Waals surface area contributed by atoms with Crippen LogP contribution in [-0.4, -0.2) is 10.2 Å². The highest BCUT2D eigenvalue weighted by Gasteiger charge is 2.03. The van der Waals surface area contributed by atoms with Crippen LogP contribution in [0, 0.1) is 0 Å². The summed E-state index contributed by atoms with van der Waals surface area (Å²) in [5.74, 6) is 0.449. The molecule has 2 aromatic rings. The van der Waals surface area contributed by atoms with Crippen LogP contribution in [0.3, 0.4) is 0 Å². The lowest BCUT2D eigenvalue weighted by atomic mass is 10.1. The van der Waals surface area contributed by atoms with Crippen LogP contribution in [0.1, 0.15) is 11.3 Å². The van der Waals surface area contributed by atoms with Gasteiger partial charge in [-0.25, -0.2) is 0 Å². The minimum atomic E-state index is 0.449. The standard InChI is InChI=1S/C9H10ClN3/c10-4-9-7-3-6(5-11)1-2-8(7)12-13-9/h1-3H,4-5,11H2,(H,12,13). The summed E-state index contributed by atoms with van der Waals surface area (Å²) in [6.45, 7) is 0.544. The molecule has 0 aliphatic rings. The van der Waals surface area contributed by atoms with Gasteiger partial charge in [0.1, 0.15) is 0 Å². The summed E-state index contributed by atoms with van der Waals surface area (Å²) in [6.07, 6.45) is 0. The zero-order valence-electron chi connectivity index (χ0n) is 7.05. The van der Waals surface area contributed by atoms with Crippen molar-refractivity contribution in [2.45, 2.75) is 12.4 Å². The van der Waals surface area contributed by atoms with Crippen LogP contribution >= 0.6 is 11.6 Å². The third-order valence-corrected chi connectivity index (χ3v) is 2.33. The molecule has 2 rings (SSSR count). The number of hydrogen-bond donors (Lipinski definition) is 2. The van der Waals surface area contributed by atoms with E-state index in [9.17, 15) is 0 Å². The number of fused-ring (bicyclic) bond motifs is 1. The highest BCUT2D eigenvalue weighted by atomic mass is 35.5. The lowest BCUT2D eigenvalue weighted by Crippen LogP contribution is -1.95. The molecule has 0 unspecified atom stereocenters. The van der Waals surface area contributed by atoms with E-state index in [1.807, 2.05) is 18.2 Å². The van der Waals surface area contributed by atoms with Crippen molar-refractivity contribution in [3.8, 4) is 0 Å². The second kappa shape index (κ2) is 3.36. The van der Waals surface area contributed by atoms with Gasteiger partial charge in [0.25, 0.3) is 0 Å². The maximum absolute atomic E-state index is 5.74. The number of benzene rings is 1. The van der Waals surface area contributed by atoms with Crippen LogP contribution in [0.15, 0.2) is 18.2 Å². The Morgan fingerprint density at radius 1 is 1.46 bits per heavy atom. The van der Waals surface area contributed by atoms with E-state index < -0.39 is 0 Å². The van der Waals surface area contributed by atoms with E-state index in [4.69, 9.17) is 17.3 Å². The predicted octanol–water partition coefficient (Wildman–Crippen LogP) is 1.76. The molecule has 13 heavy (non-hydrogen) atoms. The first-order chi connectivity index (χ1) is 6.35. The van der Waals surface area contributed by atoms with Crippen LogP contribution in [0.2, 0.25) is 0 Å². The number of hydrogen-bond acceptors (Lipinski definition) is 2. The van der Waals surface area contributed by atoms with E-state index in [2.05, 4.69) is 10.2 Å². The highest BCUT2D eigenvalue weighted by Crippen LogP contribution is 2.18. The van der Waals surface area contributed by atoms with Gasteiger partial charge >= 0.3 is 0 Å². The predicted molar refractivity (Wildman–Crippen MR) is 53.5 cm³/mol. The number of rotatable bonds is 2. The molecule has 0 aliphatic carbocycles. The fourth-order valence-electron chi connectivity index (χ4n) is 1.34. The van der Waals surface area contributed by atoms with Crippen molar-refractivity contribution < 1.29 is 0 Å². The Labute approximate surface area is 80.9 Å². The van der Waals surface area contributed by atoms with Gasteiger partial charge < -0.3 is 5.73 Å². The van der Waals surface area contributed by atoms with E-state index >= 15 is 0 Å². The molecule has 0 spiro atoms. The minimum Gasteiger partial charge on any atom is -0.326 e. The van der Waals surface area contributed by atoms with Gasteiger partial charge in [-0.15, -0.1) is 11.6 Å². The van der Waals surface area contributed by atoms with Crippen LogP contribution in [0.4, 0.5) is 0 Å². The lowest BCUT2D eigenvalue weighted by Gasteiger charge is -1.96. The second-order valence-corrected chi connectivity index (χ2v) is 3.16. The molecule has 0 amide bonds. The zero-order chi connectivity index (χ0) is 9.26. The molecule has 0 saturated carbocycles. The van der Waals surface area contributed by atoms with Crippen LogP contribution < -0.4 is 5.73 Å². The average Bonchev–Trinajstić information content (AvgIpc) is 2.59. The Hall–Kier alpha value is -1.06. The van der Waals surface area contributed by atoms with Gasteiger partial charge in [0.05, 0.1) is 17.1 Å². The molecule has 0 aliphatic heterocycles. The molecule has 1 aromatic heterocycles. The van der Waals surface area contributed by atoms with Crippen molar-refractivity contribution in [3.05, 3.63) is 29.5 Å². The molecule has 3 N–H and O–H groups in total. The van der Waals surface area contributed by atoms with Crippen molar-refractivity contribution in [2.24, 2.45) is 5.73 Å². The number of aromatic nitrogens is 2. The van der Waals surface area contributed by atoms with Crippen molar-refractivity contribution >= 4 is 22.5 Å². The van der Waals surface area contributed by atoms with Gasteiger partial charge in [-0.3, -0.25) is 5.10 Å². The van der Waals surface area contributed by atoms with E-state index in [1.165, 1.54) is 0 Å². The maximum atomic E-state index is 5.74. The van der Waals surface area contributed by atoms with E-state index in [0.29, 0.717) is 12.4 Å². The number of halogens is 1. The summed E-state index contributed by atoms with van der Waals surface area (Å²) in [7, 11) is 0. The number of nitrogens with zero attached hydrogens (tertiary/aromatic N) is 1. The Kier molecular flexibility index (Phi) is 2.20. The monoisotopic (exact) mass is 195 g/mol. The number of alkyl halides is 1. The zero-order valence-corrected chi connectivity index (χ0v) is 7.80. The highest BCUT2D eigenvalue weighted by molar-refractivity contribution is 6.17. The van der Waals surface area contributed by atoms with Crippen molar-refractivity contribution in [1.29, 1.82) is 0 Å². The van der Waals surface area contributed by atoms with Crippen LogP contribution in [-0.2, 0) is 12.4 Å². The molecule has 0 saturated heterocycles. The SMILES string of the molecule is NCc1ccc2n[nH]c(CCl)c2c1. The summed E-state index contributed by atoms with van der Waals surface area (Å²) >= 11 is 5.74. The molecule has 68 valence electrons. The number of nitrogens with one attached hydrogen (secondary N) is 1. The summed E-state index contributed by atoms with van der Waals surface area (Å²) in [6, 6.07) is 5.95. The molecule has 4 heteroatoms. The van der Waals surface area contributed by atoms with E-state index in [-0.39, 0.29) is 0 Å². The smallest absolute Gasteiger partial charge is 0.0924 e. The molecular formula is C9H10ClN3. The quantitative estimate of drug-likeness (QED) is 0.718. The summed E-state index contributed by atoms with van der Waals surface area (Å²) in [5, 5.41) is 8.07. The fourth-order valence-corrected chi connectivity index (χ4v) is 1.54. The van der Waals surface area contributed by atoms with Crippen molar-refractivity contribution in [1.82, 2.24) is 10.2 Å². The summed E-state index contributed by atoms with van der Waals surface area (Å²) in [4.78, 5) is 0. The third-order valence-electron chi connectivity index (χ3n) is 2.07. The minimum absolute atomic E-state index is 0.449. The molecule has 3 nitrogen and oxygen atoms in total. The van der Waals surface area contributed by atoms with Gasteiger partial charge in [-0.1, -0.05) is 6.07 Å². The van der Waals surface area contributed by atoms with E-state index in [0.717, 1.165) is 22.2 Å². The second-order valence-electron chi connectivity index (χ2n) is 2.89. The molecule has 1 heterocycles. The first-order valence-electron chi connectivity index (χ1n) is 4.07. The molecule has 1 aromatic carbocycles. The molecule has 0 atom stereocenters. The van der Waals surface area contributed by atoms with Gasteiger partial charge in [-0.2, -0.15) is 5.10 Å². The van der Waals surface area contributed by atoms with Crippen molar-refractivity contribution in [3.63, 3.8) is 0 Å². The van der Waals surface area contributed by atoms with Crippen LogP contribution in [0.25, 0.3) is 10.9 Å². The van der Waals surface area contributed by atoms with Gasteiger partial charge in [0.15, 0.2) is 0 Å². The average molecular weight is 196 g/mol. The van der Waals surface area contributed by atoms with Crippen molar-refractivity contribution in [2.75, 3.05) is 0 Å². The van der Waals surface area contributed by atoms with Gasteiger partial charge in [0, 0.05) is 11.9 Å². The Morgan fingerprint density at radius 2 is 2.31 bits per heavy atom. The molecule has 0 bridgehead atoms. The maximum Gasteiger partial charge on any atom is 0.0924 e. The van der Waals surface area contributed by atoms with Crippen LogP contribution in [0.5, 0.6) is 0 Å². The first kappa shape index (κ1) is 8.53. The Bertz CT molecular complexity index is 422. The molecular weight excluding hydrogens is 186 g/mol. The normalized spacial score (nSPS) is 10.9. The lowest BCUT2D eigenvalue weighted by molar-refractivity contribution is 1.05. The van der Waals surface area contributed by atoms with Gasteiger partial charge in [-0.05, 0) is 17.7 Å². The number of nitrogens with two attached hydrogens (primary N) is 1. The summed E-state index contributed by atoms with van der Waals surface area (Å²) in [5.41, 5.74) is 8.52. The van der Waals surface area contributed by atoms with E-state index in [1.54, 1.807) is 0 Å². The first-order valence-corrected chi connectivity index (χ1v) is 4.60. The molecule has 0 radical (unpaired) electrons. The summed E-state index contributed by atoms with van der Waals surface area (Å²) < 4.78 is 0. The number of H-pyrrole nitrogens is 1. The Morgan fingerprint density at radius 3 is 3.00 bits per heavy atom. The largest absolute Gasteiger partial charge is 0.326 e.